The minimum atomic E-state index is -6.61. The molecular weight excluding hydrogens is 532 g/mol. The topological polar surface area (TPSA) is 40.5 Å². The molecule has 0 aromatic heterocycles. The normalized spacial score (nSPS) is 15.4. The van der Waals surface area contributed by atoms with Gasteiger partial charge in [-0.15, -0.1) is 0 Å². The quantitative estimate of drug-likeness (QED) is 0.425. The molecule has 0 aliphatic carbocycles. The van der Waals surface area contributed by atoms with Crippen LogP contribution in [-0.4, -0.2) is 34.9 Å². The Morgan fingerprint density at radius 1 is 0.581 bits per heavy atom. The molecule has 0 aliphatic heterocycles. The van der Waals surface area contributed by atoms with E-state index in [4.69, 9.17) is 0 Å². The zero-order chi connectivity index (χ0) is 25.2. The van der Waals surface area contributed by atoms with E-state index in [2.05, 4.69) is 0 Å². The summed E-state index contributed by atoms with van der Waals surface area (Å²) in [5, 5.41) is 19.2. The number of alkyl halides is 12. The maximum absolute atomic E-state index is 13.3. The second-order valence-electron chi connectivity index (χ2n) is 7.55. The lowest BCUT2D eigenvalue weighted by molar-refractivity contribution is -0.378. The van der Waals surface area contributed by atoms with Gasteiger partial charge in [0, 0.05) is 15.6 Å². The summed E-state index contributed by atoms with van der Waals surface area (Å²) in [5.74, 6) is 0. The predicted octanol–water partition coefficient (Wildman–Crippen LogP) is 6.37. The summed E-state index contributed by atoms with van der Waals surface area (Å²) in [4.78, 5) is 0. The lowest BCUT2D eigenvalue weighted by Crippen LogP contribution is -2.56. The van der Waals surface area contributed by atoms with Crippen molar-refractivity contribution >= 4 is 15.9 Å². The van der Waals surface area contributed by atoms with Crippen molar-refractivity contribution in [3.05, 3.63) is 33.3 Å². The number of halogens is 13. The molecule has 0 unspecified atom stereocenters. The summed E-state index contributed by atoms with van der Waals surface area (Å²) in [6, 6.07) is -0.0521. The Morgan fingerprint density at radius 2 is 0.806 bits per heavy atom. The highest BCUT2D eigenvalue weighted by atomic mass is 79.9. The molecule has 15 heteroatoms. The summed E-state index contributed by atoms with van der Waals surface area (Å²) >= 11 is 1.90. The highest BCUT2D eigenvalue weighted by molar-refractivity contribution is 9.10. The van der Waals surface area contributed by atoms with Crippen LogP contribution in [0, 0.1) is 0 Å². The Hall–Kier alpha value is -1.22. The Kier molecular flexibility index (Phi) is 6.64. The largest absolute Gasteiger partial charge is 0.430 e. The molecule has 1 aromatic rings. The molecule has 0 saturated heterocycles. The molecule has 1 rings (SSSR count). The number of hydrogen-bond donors (Lipinski definition) is 2. The van der Waals surface area contributed by atoms with E-state index in [0.717, 1.165) is 20.8 Å². The molecule has 0 saturated carbocycles. The van der Waals surface area contributed by atoms with Gasteiger partial charge in [-0.2, -0.15) is 52.7 Å². The molecule has 0 bridgehead atoms. The van der Waals surface area contributed by atoms with Crippen molar-refractivity contribution in [3.8, 4) is 0 Å². The van der Waals surface area contributed by atoms with E-state index in [1.165, 1.54) is 0 Å². The van der Waals surface area contributed by atoms with E-state index in [1.54, 1.807) is 0 Å². The molecule has 31 heavy (non-hydrogen) atoms. The Labute approximate surface area is 175 Å². The number of aliphatic hydroxyl groups is 2. The van der Waals surface area contributed by atoms with Gasteiger partial charge < -0.3 is 10.2 Å². The highest BCUT2D eigenvalue weighted by Gasteiger charge is 2.75. The smallest absolute Gasteiger partial charge is 0.369 e. The van der Waals surface area contributed by atoms with E-state index in [-0.39, 0.29) is 12.1 Å². The second kappa shape index (κ2) is 7.40. The van der Waals surface area contributed by atoms with Crippen LogP contribution >= 0.6 is 15.9 Å². The van der Waals surface area contributed by atoms with Crippen molar-refractivity contribution in [3.63, 3.8) is 0 Å². The van der Waals surface area contributed by atoms with Crippen LogP contribution in [0.25, 0.3) is 0 Å². The molecule has 0 spiro atoms. The molecule has 2 N–H and O–H groups in total. The van der Waals surface area contributed by atoms with Crippen LogP contribution in [0.15, 0.2) is 16.6 Å². The molecule has 180 valence electrons. The van der Waals surface area contributed by atoms with Gasteiger partial charge >= 0.3 is 24.7 Å². The third kappa shape index (κ3) is 4.36. The lowest BCUT2D eigenvalue weighted by Gasteiger charge is -2.38. The van der Waals surface area contributed by atoms with Crippen LogP contribution in [0.5, 0.6) is 0 Å². The summed E-state index contributed by atoms with van der Waals surface area (Å²) in [6.07, 6.45) is -26.5. The maximum Gasteiger partial charge on any atom is 0.430 e. The first-order valence-corrected chi connectivity index (χ1v) is 8.60. The van der Waals surface area contributed by atoms with Gasteiger partial charge in [0.2, 0.25) is 0 Å². The Bertz CT molecular complexity index is 740. The van der Waals surface area contributed by atoms with E-state index >= 15 is 0 Å². The lowest BCUT2D eigenvalue weighted by atomic mass is 9.78. The van der Waals surface area contributed by atoms with Gasteiger partial charge in [-0.25, -0.2) is 0 Å². The molecule has 0 fully saturated rings. The number of rotatable bonds is 2. The van der Waals surface area contributed by atoms with Gasteiger partial charge in [0.1, 0.15) is 0 Å². The van der Waals surface area contributed by atoms with Gasteiger partial charge in [0.15, 0.2) is 0 Å². The van der Waals surface area contributed by atoms with Crippen molar-refractivity contribution < 1.29 is 62.9 Å². The maximum atomic E-state index is 13.3. The van der Waals surface area contributed by atoms with Gasteiger partial charge in [-0.3, -0.25) is 0 Å². The average molecular weight is 545 g/mol. The molecule has 0 atom stereocenters. The fraction of sp³-hybridized carbons (Fsp3) is 0.625. The minimum absolute atomic E-state index is 0.0261. The molecule has 1 aromatic carbocycles. The minimum Gasteiger partial charge on any atom is -0.369 e. The first-order chi connectivity index (χ1) is 13.2. The second-order valence-corrected chi connectivity index (χ2v) is 8.34. The number of benzene rings is 1. The molecule has 0 radical (unpaired) electrons. The third-order valence-corrected chi connectivity index (χ3v) is 5.21. The van der Waals surface area contributed by atoms with Gasteiger partial charge in [0.05, 0.1) is 0 Å². The Morgan fingerprint density at radius 3 is 0.968 bits per heavy atom. The van der Waals surface area contributed by atoms with Crippen LogP contribution in [0.1, 0.15) is 37.5 Å². The Balaban J connectivity index is 4.36. The highest BCUT2D eigenvalue weighted by Crippen LogP contribution is 2.57. The van der Waals surface area contributed by atoms with E-state index < -0.39 is 62.5 Å². The predicted molar refractivity (Wildman–Crippen MR) is 84.9 cm³/mol. The SMILES string of the molecule is CC(C)(C)c1cc(C(O)(C(F)(F)F)C(F)(F)F)c(Br)c(C(O)(C(F)(F)F)C(F)(F)F)c1. The molecule has 2 nitrogen and oxygen atoms in total. The van der Waals surface area contributed by atoms with Crippen LogP contribution in [-0.2, 0) is 16.6 Å². The fourth-order valence-electron chi connectivity index (χ4n) is 2.52. The monoisotopic (exact) mass is 544 g/mol. The van der Waals surface area contributed by atoms with Crippen molar-refractivity contribution in [1.82, 2.24) is 0 Å². The third-order valence-electron chi connectivity index (χ3n) is 4.36. The molecular formula is C16H13BrF12O2. The zero-order valence-corrected chi connectivity index (χ0v) is 17.0. The van der Waals surface area contributed by atoms with Gasteiger partial charge in [-0.05, 0) is 26.9 Å². The average Bonchev–Trinajstić information content (AvgIpc) is 2.48. The summed E-state index contributed by atoms with van der Waals surface area (Å²) in [6.45, 7) is 3.18. The van der Waals surface area contributed by atoms with Crippen molar-refractivity contribution in [2.75, 3.05) is 0 Å². The summed E-state index contributed by atoms with van der Waals surface area (Å²) < 4.78 is 157. The molecule has 0 heterocycles. The first-order valence-electron chi connectivity index (χ1n) is 7.81. The van der Waals surface area contributed by atoms with Crippen LogP contribution < -0.4 is 0 Å². The van der Waals surface area contributed by atoms with Crippen molar-refractivity contribution in [2.24, 2.45) is 0 Å². The zero-order valence-electron chi connectivity index (χ0n) is 15.5. The number of hydrogen-bond acceptors (Lipinski definition) is 2. The van der Waals surface area contributed by atoms with E-state index in [9.17, 15) is 62.9 Å². The van der Waals surface area contributed by atoms with Crippen molar-refractivity contribution in [2.45, 2.75) is 62.1 Å². The van der Waals surface area contributed by atoms with Crippen molar-refractivity contribution in [1.29, 1.82) is 0 Å². The van der Waals surface area contributed by atoms with Crippen LogP contribution in [0.3, 0.4) is 0 Å². The first kappa shape index (κ1) is 27.8. The van der Waals surface area contributed by atoms with E-state index in [0.29, 0.717) is 0 Å². The van der Waals surface area contributed by atoms with Crippen LogP contribution in [0.2, 0.25) is 0 Å². The van der Waals surface area contributed by atoms with Gasteiger partial charge in [0.25, 0.3) is 11.2 Å². The standard InChI is InChI=1S/C16H13BrF12O2/c1-10(2,3)6-4-7(11(30,13(18,19)20)14(21,22)23)9(17)8(5-6)12(31,15(24,25)26)16(27,28)29/h4-5,30-31H,1-3H3. The van der Waals surface area contributed by atoms with Crippen LogP contribution in [0.4, 0.5) is 52.7 Å². The summed E-state index contributed by atoms with van der Waals surface area (Å²) in [5.41, 5.74) is -19.0. The van der Waals surface area contributed by atoms with Gasteiger partial charge in [-0.1, -0.05) is 32.9 Å². The summed E-state index contributed by atoms with van der Waals surface area (Å²) in [7, 11) is 0. The fourth-order valence-corrected chi connectivity index (χ4v) is 3.32. The molecule has 0 amide bonds. The molecule has 0 aliphatic rings. The van der Waals surface area contributed by atoms with E-state index in [1.807, 2.05) is 15.9 Å².